The van der Waals surface area contributed by atoms with Gasteiger partial charge in [-0.05, 0) is 6.04 Å². The summed E-state index contributed by atoms with van der Waals surface area (Å²) in [7, 11) is 4.11. The molecule has 0 unspecified atom stereocenters. The molecule has 0 aliphatic carbocycles. The quantitative estimate of drug-likeness (QED) is 0.451. The van der Waals surface area contributed by atoms with Crippen molar-refractivity contribution in [2.75, 3.05) is 0 Å². The average Bonchev–Trinajstić information content (AvgIpc) is 1.89. The molecule has 0 aromatic rings. The van der Waals surface area contributed by atoms with Crippen molar-refractivity contribution < 1.29 is 0 Å². The number of rotatable bonds is 6. The van der Waals surface area contributed by atoms with Gasteiger partial charge in [-0.25, -0.2) is 0 Å². The van der Waals surface area contributed by atoms with Crippen LogP contribution in [0.2, 0.25) is 6.04 Å². The number of nitrogens with one attached hydrogen (secondary N) is 1. The first-order chi connectivity index (χ1) is 4.41. The molecule has 0 aromatic carbocycles. The number of hydrogen-bond donors (Lipinski definition) is 1. The summed E-state index contributed by atoms with van der Waals surface area (Å²) in [6.07, 6.45) is 5.51. The molecule has 0 fully saturated rings. The molecule has 5 radical (unpaired) electrons. The smallest absolute Gasteiger partial charge is 0.132 e. The lowest BCUT2D eigenvalue weighted by Gasteiger charge is -1.95. The molecule has 1 nitrogen and oxygen atoms in total. The van der Waals surface area contributed by atoms with E-state index in [0.29, 0.717) is 0 Å². The fourth-order valence-electron chi connectivity index (χ4n) is 0.703. The van der Waals surface area contributed by atoms with Crippen molar-refractivity contribution in [3.8, 4) is 0 Å². The van der Waals surface area contributed by atoms with Gasteiger partial charge < -0.3 is 4.65 Å². The van der Waals surface area contributed by atoms with Gasteiger partial charge in [0.05, 0.1) is 0 Å². The summed E-state index contributed by atoms with van der Waals surface area (Å²) in [5.74, 6) is 0. The van der Waals surface area contributed by atoms with Crippen molar-refractivity contribution in [3.63, 3.8) is 0 Å². The van der Waals surface area contributed by atoms with E-state index in [2.05, 4.69) is 22.0 Å². The summed E-state index contributed by atoms with van der Waals surface area (Å²) < 4.78 is 2.98. The average molecular weight is 156 g/mol. The molecule has 0 heterocycles. The second-order valence-electron chi connectivity index (χ2n) is 2.11. The van der Waals surface area contributed by atoms with E-state index in [1.807, 2.05) is 0 Å². The Hall–Kier alpha value is 0.394. The highest BCUT2D eigenvalue weighted by molar-refractivity contribution is 6.41. The number of hydrogen-bond acceptors (Lipinski definition) is 1. The zero-order valence-corrected chi connectivity index (χ0v) is 8.04. The topological polar surface area (TPSA) is 12.0 Å². The van der Waals surface area contributed by atoms with Crippen LogP contribution in [-0.2, 0) is 0 Å². The van der Waals surface area contributed by atoms with Crippen molar-refractivity contribution in [1.29, 1.82) is 0 Å². The summed E-state index contributed by atoms with van der Waals surface area (Å²) in [6, 6.07) is 1.32. The summed E-state index contributed by atoms with van der Waals surface area (Å²) in [6.45, 7) is 2.24. The molecule has 0 aromatic heterocycles. The minimum atomic E-state index is 0.890. The van der Waals surface area contributed by atoms with Crippen LogP contribution in [-0.4, -0.2) is 20.1 Å². The van der Waals surface area contributed by atoms with Crippen LogP contribution in [0, 0.1) is 0 Å². The summed E-state index contributed by atoms with van der Waals surface area (Å²) in [4.78, 5) is 0. The van der Waals surface area contributed by atoms with E-state index < -0.39 is 0 Å². The maximum absolute atomic E-state index is 3.22. The standard InChI is InChI=1S/C6H14NSi2/c1-2-3-4-5-6-9-7-8/h7H,2-6H2,1H3. The predicted octanol–water partition coefficient (Wildman–Crippen LogP) is 1.28. The van der Waals surface area contributed by atoms with Gasteiger partial charge in [-0.1, -0.05) is 32.6 Å². The first-order valence-electron chi connectivity index (χ1n) is 3.56. The Kier molecular flexibility index (Phi) is 8.76. The Morgan fingerprint density at radius 1 is 1.33 bits per heavy atom. The van der Waals surface area contributed by atoms with E-state index in [9.17, 15) is 0 Å². The van der Waals surface area contributed by atoms with Crippen LogP contribution >= 0.6 is 0 Å². The van der Waals surface area contributed by atoms with Crippen LogP contribution in [0.3, 0.4) is 0 Å². The van der Waals surface area contributed by atoms with Crippen LogP contribution in [0.1, 0.15) is 32.6 Å². The van der Waals surface area contributed by atoms with Crippen LogP contribution in [0.4, 0.5) is 0 Å². The van der Waals surface area contributed by atoms with Crippen molar-refractivity contribution in [1.82, 2.24) is 4.65 Å². The second kappa shape index (κ2) is 8.39. The lowest BCUT2D eigenvalue weighted by molar-refractivity contribution is 0.699. The number of unbranched alkanes of at least 4 members (excludes halogenated alkanes) is 3. The summed E-state index contributed by atoms with van der Waals surface area (Å²) >= 11 is 0. The molecule has 51 valence electrons. The maximum Gasteiger partial charge on any atom is 0.132 e. The van der Waals surface area contributed by atoms with Crippen molar-refractivity contribution >= 4 is 20.1 Å². The van der Waals surface area contributed by atoms with Crippen LogP contribution < -0.4 is 4.65 Å². The lowest BCUT2D eigenvalue weighted by Crippen LogP contribution is -2.13. The monoisotopic (exact) mass is 156 g/mol. The van der Waals surface area contributed by atoms with Gasteiger partial charge in [0, 0.05) is 0 Å². The SMILES string of the molecule is CCCCCC[Si]N[Si]. The molecular formula is C6H14NSi2. The Morgan fingerprint density at radius 2 is 2.11 bits per heavy atom. The Morgan fingerprint density at radius 3 is 2.67 bits per heavy atom. The van der Waals surface area contributed by atoms with Gasteiger partial charge in [-0.15, -0.1) is 0 Å². The normalized spacial score (nSPS) is 10.0. The van der Waals surface area contributed by atoms with E-state index in [1.54, 1.807) is 0 Å². The Balaban J connectivity index is 2.60. The van der Waals surface area contributed by atoms with Gasteiger partial charge in [-0.2, -0.15) is 0 Å². The first kappa shape index (κ1) is 9.39. The molecule has 0 bridgehead atoms. The molecule has 0 amide bonds. The summed E-state index contributed by atoms with van der Waals surface area (Å²) in [5.41, 5.74) is 0. The van der Waals surface area contributed by atoms with E-state index >= 15 is 0 Å². The Labute approximate surface area is 64.0 Å². The molecule has 3 heteroatoms. The lowest BCUT2D eigenvalue weighted by atomic mass is 10.2. The predicted molar refractivity (Wildman–Crippen MR) is 43.6 cm³/mol. The third kappa shape index (κ3) is 8.39. The van der Waals surface area contributed by atoms with Crippen LogP contribution in [0.15, 0.2) is 0 Å². The second-order valence-corrected chi connectivity index (χ2v) is 3.97. The van der Waals surface area contributed by atoms with Gasteiger partial charge in [0.1, 0.15) is 20.1 Å². The fraction of sp³-hybridized carbons (Fsp3) is 1.00. The highest BCUT2D eigenvalue weighted by atomic mass is 28.3. The van der Waals surface area contributed by atoms with Crippen molar-refractivity contribution in [2.45, 2.75) is 38.7 Å². The van der Waals surface area contributed by atoms with Gasteiger partial charge in [0.2, 0.25) is 0 Å². The molecular weight excluding hydrogens is 142 g/mol. The molecule has 0 aliphatic rings. The van der Waals surface area contributed by atoms with E-state index in [4.69, 9.17) is 0 Å². The molecule has 0 saturated heterocycles. The molecule has 0 atom stereocenters. The third-order valence-corrected chi connectivity index (χ3v) is 2.55. The molecule has 0 rings (SSSR count). The fourth-order valence-corrected chi connectivity index (χ4v) is 1.63. The largest absolute Gasteiger partial charge is 0.365 e. The van der Waals surface area contributed by atoms with Crippen LogP contribution in [0.5, 0.6) is 0 Å². The van der Waals surface area contributed by atoms with E-state index in [0.717, 1.165) is 9.68 Å². The van der Waals surface area contributed by atoms with E-state index in [1.165, 1.54) is 31.7 Å². The van der Waals surface area contributed by atoms with Gasteiger partial charge in [0.25, 0.3) is 0 Å². The summed E-state index contributed by atoms with van der Waals surface area (Å²) in [5, 5.41) is 0. The van der Waals surface area contributed by atoms with E-state index in [-0.39, 0.29) is 0 Å². The minimum Gasteiger partial charge on any atom is -0.365 e. The molecule has 0 aliphatic heterocycles. The zero-order chi connectivity index (χ0) is 6.95. The van der Waals surface area contributed by atoms with Crippen LogP contribution in [0.25, 0.3) is 0 Å². The zero-order valence-electron chi connectivity index (χ0n) is 6.04. The van der Waals surface area contributed by atoms with Gasteiger partial charge >= 0.3 is 0 Å². The van der Waals surface area contributed by atoms with Gasteiger partial charge in [0.15, 0.2) is 0 Å². The van der Waals surface area contributed by atoms with Crippen molar-refractivity contribution in [2.24, 2.45) is 0 Å². The molecule has 9 heavy (non-hydrogen) atoms. The third-order valence-electron chi connectivity index (χ3n) is 1.24. The maximum atomic E-state index is 3.22. The Bertz CT molecular complexity index is 44.3. The van der Waals surface area contributed by atoms with Crippen molar-refractivity contribution in [3.05, 3.63) is 0 Å². The van der Waals surface area contributed by atoms with Gasteiger partial charge in [-0.3, -0.25) is 0 Å². The highest BCUT2D eigenvalue weighted by Crippen LogP contribution is 2.00. The minimum absolute atomic E-state index is 0.890. The molecule has 0 saturated carbocycles. The molecule has 1 N–H and O–H groups in total. The highest BCUT2D eigenvalue weighted by Gasteiger charge is 1.86. The molecule has 0 spiro atoms. The first-order valence-corrected chi connectivity index (χ1v) is 5.27.